The van der Waals surface area contributed by atoms with Gasteiger partial charge in [-0.25, -0.2) is 19.9 Å². The summed E-state index contributed by atoms with van der Waals surface area (Å²) in [5.41, 5.74) is -0.149. The van der Waals surface area contributed by atoms with Crippen molar-refractivity contribution in [2.45, 2.75) is 29.1 Å². The molecule has 4 rings (SSSR count). The molecule has 0 saturated heterocycles. The summed E-state index contributed by atoms with van der Waals surface area (Å²) in [7, 11) is 1.79. The molecule has 0 bridgehead atoms. The third kappa shape index (κ3) is 2.22. The topological polar surface area (TPSA) is 88.5 Å². The van der Waals surface area contributed by atoms with Crippen LogP contribution in [-0.4, -0.2) is 31.8 Å². The summed E-state index contributed by atoms with van der Waals surface area (Å²) in [6.45, 7) is 0. The van der Waals surface area contributed by atoms with Crippen LogP contribution < -0.4 is 11.0 Å². The van der Waals surface area contributed by atoms with E-state index in [0.717, 1.165) is 28.1 Å². The van der Waals surface area contributed by atoms with Crippen LogP contribution in [0.4, 0.5) is 5.95 Å². The molecule has 0 atom stereocenters. The molecular formula is C12H12N6OS2. The van der Waals surface area contributed by atoms with Crippen LogP contribution in [0.15, 0.2) is 26.4 Å². The number of anilines is 1. The maximum absolute atomic E-state index is 11.8. The second-order valence-electron chi connectivity index (χ2n) is 4.76. The lowest BCUT2D eigenvalue weighted by Gasteiger charge is -2.05. The molecule has 21 heavy (non-hydrogen) atoms. The van der Waals surface area contributed by atoms with Gasteiger partial charge in [-0.05, 0) is 36.0 Å². The maximum Gasteiger partial charge on any atom is 0.344 e. The highest BCUT2D eigenvalue weighted by Gasteiger charge is 2.29. The highest BCUT2D eigenvalue weighted by atomic mass is 32.2. The van der Waals surface area contributed by atoms with Crippen LogP contribution in [0.2, 0.25) is 0 Å². The zero-order chi connectivity index (χ0) is 14.4. The third-order valence-corrected chi connectivity index (χ3v) is 5.07. The van der Waals surface area contributed by atoms with Crippen molar-refractivity contribution in [2.75, 3.05) is 12.4 Å². The first-order chi connectivity index (χ1) is 10.3. The van der Waals surface area contributed by atoms with Crippen LogP contribution in [-0.2, 0) is 0 Å². The molecule has 0 spiro atoms. The van der Waals surface area contributed by atoms with Crippen LogP contribution in [0, 0.1) is 0 Å². The lowest BCUT2D eigenvalue weighted by atomic mass is 10.4. The fourth-order valence-electron chi connectivity index (χ4n) is 2.12. The second kappa shape index (κ2) is 4.85. The molecule has 0 aliphatic heterocycles. The summed E-state index contributed by atoms with van der Waals surface area (Å²) >= 11 is 2.97. The number of aromatic nitrogens is 5. The Morgan fingerprint density at radius 3 is 3.10 bits per heavy atom. The number of fused-ring (bicyclic) bond motifs is 1. The van der Waals surface area contributed by atoms with Crippen LogP contribution in [0.5, 0.6) is 0 Å². The molecule has 9 heteroatoms. The Kier molecular flexibility index (Phi) is 2.96. The third-order valence-electron chi connectivity index (χ3n) is 3.29. The zero-order valence-corrected chi connectivity index (χ0v) is 12.8. The van der Waals surface area contributed by atoms with Crippen LogP contribution in [0.1, 0.15) is 18.9 Å². The SMILES string of the molecule is CNc1nc(Sc2n[nH]c(=O)n2C2CC2)c2ccsc2n1. The summed E-state index contributed by atoms with van der Waals surface area (Å²) < 4.78 is 1.73. The molecule has 1 saturated carbocycles. The quantitative estimate of drug-likeness (QED) is 0.716. The molecule has 3 heterocycles. The van der Waals surface area contributed by atoms with Gasteiger partial charge in [0.15, 0.2) is 5.16 Å². The van der Waals surface area contributed by atoms with E-state index in [9.17, 15) is 4.79 Å². The Hall–Kier alpha value is -1.87. The lowest BCUT2D eigenvalue weighted by molar-refractivity contribution is 0.642. The highest BCUT2D eigenvalue weighted by Crippen LogP contribution is 2.39. The Balaban J connectivity index is 1.80. The number of H-pyrrole nitrogens is 1. The zero-order valence-electron chi connectivity index (χ0n) is 11.2. The van der Waals surface area contributed by atoms with E-state index in [1.807, 2.05) is 11.4 Å². The summed E-state index contributed by atoms with van der Waals surface area (Å²) in [5.74, 6) is 0.573. The molecular weight excluding hydrogens is 308 g/mol. The minimum absolute atomic E-state index is 0.149. The van der Waals surface area contributed by atoms with Crippen molar-refractivity contribution in [3.63, 3.8) is 0 Å². The first-order valence-electron chi connectivity index (χ1n) is 6.54. The van der Waals surface area contributed by atoms with Gasteiger partial charge in [-0.15, -0.1) is 16.4 Å². The van der Waals surface area contributed by atoms with Gasteiger partial charge in [0.1, 0.15) is 9.86 Å². The molecule has 1 aliphatic carbocycles. The predicted molar refractivity (Wildman–Crippen MR) is 82.2 cm³/mol. The van der Waals surface area contributed by atoms with E-state index in [4.69, 9.17) is 0 Å². The Morgan fingerprint density at radius 2 is 2.33 bits per heavy atom. The Morgan fingerprint density at radius 1 is 1.48 bits per heavy atom. The van der Waals surface area contributed by atoms with Crippen LogP contribution >= 0.6 is 23.1 Å². The number of hydrogen-bond acceptors (Lipinski definition) is 7. The van der Waals surface area contributed by atoms with Gasteiger partial charge in [-0.3, -0.25) is 4.57 Å². The first-order valence-corrected chi connectivity index (χ1v) is 8.23. The normalized spacial score (nSPS) is 14.7. The number of nitrogens with one attached hydrogen (secondary N) is 2. The fraction of sp³-hybridized carbons (Fsp3) is 0.333. The fourth-order valence-corrected chi connectivity index (χ4v) is 3.95. The minimum atomic E-state index is -0.149. The summed E-state index contributed by atoms with van der Waals surface area (Å²) in [6, 6.07) is 2.27. The van der Waals surface area contributed by atoms with Crippen molar-refractivity contribution >= 4 is 39.3 Å². The van der Waals surface area contributed by atoms with Crippen molar-refractivity contribution in [3.05, 3.63) is 21.9 Å². The van der Waals surface area contributed by atoms with Gasteiger partial charge in [0.2, 0.25) is 5.95 Å². The number of rotatable bonds is 4. The Labute approximate surface area is 127 Å². The number of aromatic amines is 1. The molecule has 3 aromatic rings. The van der Waals surface area contributed by atoms with E-state index in [0.29, 0.717) is 11.1 Å². The lowest BCUT2D eigenvalue weighted by Crippen LogP contribution is -2.16. The molecule has 2 N–H and O–H groups in total. The van der Waals surface area contributed by atoms with Gasteiger partial charge in [0.25, 0.3) is 0 Å². The van der Waals surface area contributed by atoms with E-state index < -0.39 is 0 Å². The molecule has 0 unspecified atom stereocenters. The van der Waals surface area contributed by atoms with E-state index in [-0.39, 0.29) is 11.7 Å². The molecule has 7 nitrogen and oxygen atoms in total. The molecule has 0 aromatic carbocycles. The summed E-state index contributed by atoms with van der Waals surface area (Å²) in [6.07, 6.45) is 2.07. The van der Waals surface area contributed by atoms with Gasteiger partial charge >= 0.3 is 5.69 Å². The minimum Gasteiger partial charge on any atom is -0.357 e. The van der Waals surface area contributed by atoms with E-state index in [1.165, 1.54) is 11.8 Å². The van der Waals surface area contributed by atoms with Crippen LogP contribution in [0.3, 0.4) is 0 Å². The van der Waals surface area contributed by atoms with E-state index in [1.54, 1.807) is 23.0 Å². The number of hydrogen-bond donors (Lipinski definition) is 2. The molecule has 0 radical (unpaired) electrons. The van der Waals surface area contributed by atoms with Gasteiger partial charge in [-0.2, -0.15) is 0 Å². The summed E-state index contributed by atoms with van der Waals surface area (Å²) in [4.78, 5) is 21.7. The second-order valence-corrected chi connectivity index (χ2v) is 6.61. The van der Waals surface area contributed by atoms with Crippen molar-refractivity contribution in [1.82, 2.24) is 24.7 Å². The van der Waals surface area contributed by atoms with Crippen molar-refractivity contribution in [3.8, 4) is 0 Å². The molecule has 1 aliphatic rings. The largest absolute Gasteiger partial charge is 0.357 e. The van der Waals surface area contributed by atoms with E-state index >= 15 is 0 Å². The van der Waals surface area contributed by atoms with Gasteiger partial charge in [0, 0.05) is 18.5 Å². The van der Waals surface area contributed by atoms with Crippen molar-refractivity contribution in [2.24, 2.45) is 0 Å². The number of nitrogens with zero attached hydrogens (tertiary/aromatic N) is 4. The first kappa shape index (κ1) is 12.8. The Bertz CT molecular complexity index is 862. The van der Waals surface area contributed by atoms with E-state index in [2.05, 4.69) is 25.5 Å². The summed E-state index contributed by atoms with van der Waals surface area (Å²) in [5, 5.41) is 14.1. The van der Waals surface area contributed by atoms with Gasteiger partial charge < -0.3 is 5.32 Å². The average Bonchev–Trinajstić information content (AvgIpc) is 3.08. The molecule has 1 fully saturated rings. The number of thiophene rings is 1. The monoisotopic (exact) mass is 320 g/mol. The maximum atomic E-state index is 11.8. The molecule has 108 valence electrons. The highest BCUT2D eigenvalue weighted by molar-refractivity contribution is 7.99. The van der Waals surface area contributed by atoms with Gasteiger partial charge in [-0.1, -0.05) is 0 Å². The molecule has 0 amide bonds. The van der Waals surface area contributed by atoms with Crippen molar-refractivity contribution in [1.29, 1.82) is 0 Å². The standard InChI is InChI=1S/C12H12N6OS2/c1-13-10-14-8-7(4-5-20-8)9(15-10)21-12-17-16-11(19)18(12)6-2-3-6/h4-6H,2-3H2,1H3,(H,16,19)(H,13,14,15). The average molecular weight is 320 g/mol. The molecule has 3 aromatic heterocycles. The predicted octanol–water partition coefficient (Wildman–Crippen LogP) is 2.10. The smallest absolute Gasteiger partial charge is 0.344 e. The van der Waals surface area contributed by atoms with Crippen molar-refractivity contribution < 1.29 is 0 Å². The van der Waals surface area contributed by atoms with Crippen LogP contribution in [0.25, 0.3) is 10.2 Å². The van der Waals surface area contributed by atoms with Gasteiger partial charge in [0.05, 0.1) is 0 Å².